The second-order valence-corrected chi connectivity index (χ2v) is 7.81. The predicted molar refractivity (Wildman–Crippen MR) is 94.5 cm³/mol. The topological polar surface area (TPSA) is 105 Å². The molecule has 0 spiro atoms. The van der Waals surface area contributed by atoms with Crippen molar-refractivity contribution in [2.45, 2.75) is 25.3 Å². The number of hydrogen-bond donors (Lipinski definition) is 2. The molecule has 136 valence electrons. The summed E-state index contributed by atoms with van der Waals surface area (Å²) < 4.78 is 22.2. The summed E-state index contributed by atoms with van der Waals surface area (Å²) in [4.78, 5) is 29.5. The lowest BCUT2D eigenvalue weighted by Gasteiger charge is -2.37. The van der Waals surface area contributed by atoms with Gasteiger partial charge in [-0.15, -0.1) is 0 Å². The number of piperidine rings is 1. The lowest BCUT2D eigenvalue weighted by molar-refractivity contribution is 0.355. The van der Waals surface area contributed by atoms with Crippen LogP contribution in [0.15, 0.2) is 18.5 Å². The third-order valence-electron chi connectivity index (χ3n) is 4.47. The van der Waals surface area contributed by atoms with Crippen molar-refractivity contribution in [3.8, 4) is 11.5 Å². The van der Waals surface area contributed by atoms with E-state index in [2.05, 4.69) is 9.97 Å². The maximum absolute atomic E-state index is 11.5. The molecule has 1 saturated heterocycles. The maximum atomic E-state index is 11.5. The molecule has 0 saturated carbocycles. The molecule has 0 aliphatic carbocycles. The van der Waals surface area contributed by atoms with Crippen molar-refractivity contribution in [2.24, 2.45) is 0 Å². The predicted octanol–water partition coefficient (Wildman–Crippen LogP) is 2.18. The van der Waals surface area contributed by atoms with Crippen molar-refractivity contribution in [1.29, 1.82) is 0 Å². The van der Waals surface area contributed by atoms with Crippen molar-refractivity contribution >= 4 is 24.3 Å². The van der Waals surface area contributed by atoms with Gasteiger partial charge in [-0.3, -0.25) is 4.57 Å². The SMILES string of the molecule is COc1cc2ncnc(N3CCCCC3CP(=O)(O)O)c2cc1OC. The molecule has 1 atom stereocenters. The van der Waals surface area contributed by atoms with Crippen LogP contribution in [0.4, 0.5) is 5.82 Å². The van der Waals surface area contributed by atoms with Crippen molar-refractivity contribution in [3.05, 3.63) is 18.5 Å². The van der Waals surface area contributed by atoms with E-state index < -0.39 is 7.60 Å². The maximum Gasteiger partial charge on any atom is 0.327 e. The molecule has 2 N–H and O–H groups in total. The van der Waals surface area contributed by atoms with Crippen LogP contribution in [0, 0.1) is 0 Å². The molecular formula is C16H22N3O5P. The van der Waals surface area contributed by atoms with Gasteiger partial charge in [0.1, 0.15) is 12.1 Å². The van der Waals surface area contributed by atoms with Gasteiger partial charge in [-0.25, -0.2) is 9.97 Å². The van der Waals surface area contributed by atoms with Gasteiger partial charge in [0.2, 0.25) is 0 Å². The first-order valence-electron chi connectivity index (χ1n) is 8.11. The van der Waals surface area contributed by atoms with Crippen LogP contribution in [0.3, 0.4) is 0 Å². The van der Waals surface area contributed by atoms with Gasteiger partial charge in [-0.1, -0.05) is 0 Å². The highest BCUT2D eigenvalue weighted by Gasteiger charge is 2.31. The molecule has 8 nitrogen and oxygen atoms in total. The quantitative estimate of drug-likeness (QED) is 0.775. The third-order valence-corrected chi connectivity index (χ3v) is 5.36. The number of ether oxygens (including phenoxy) is 2. The van der Waals surface area contributed by atoms with Gasteiger partial charge < -0.3 is 24.2 Å². The van der Waals surface area contributed by atoms with Crippen LogP contribution in [0.5, 0.6) is 11.5 Å². The van der Waals surface area contributed by atoms with Crippen molar-refractivity contribution in [1.82, 2.24) is 9.97 Å². The lowest BCUT2D eigenvalue weighted by atomic mass is 10.0. The molecule has 3 rings (SSSR count). The Balaban J connectivity index is 2.08. The largest absolute Gasteiger partial charge is 0.493 e. The van der Waals surface area contributed by atoms with Crippen molar-refractivity contribution < 1.29 is 23.8 Å². The number of fused-ring (bicyclic) bond motifs is 1. The van der Waals surface area contributed by atoms with E-state index in [-0.39, 0.29) is 12.2 Å². The standard InChI is InChI=1S/C16H22N3O5P/c1-23-14-7-12-13(8-15(14)24-2)17-10-18-16(12)19-6-4-3-5-11(19)9-25(20,21)22/h7-8,10-11H,3-6,9H2,1-2H3,(H2,20,21,22). The van der Waals surface area contributed by atoms with Crippen LogP contribution < -0.4 is 14.4 Å². The van der Waals surface area contributed by atoms with Gasteiger partial charge in [0.05, 0.1) is 25.9 Å². The number of nitrogens with zero attached hydrogens (tertiary/aromatic N) is 3. The van der Waals surface area contributed by atoms with Crippen LogP contribution in [0.25, 0.3) is 10.9 Å². The molecule has 1 aromatic heterocycles. The minimum atomic E-state index is -4.11. The van der Waals surface area contributed by atoms with Gasteiger partial charge in [0.25, 0.3) is 0 Å². The fraction of sp³-hybridized carbons (Fsp3) is 0.500. The minimum absolute atomic E-state index is 0.175. The first-order valence-corrected chi connectivity index (χ1v) is 9.90. The number of hydrogen-bond acceptors (Lipinski definition) is 6. The molecule has 1 aliphatic rings. The second kappa shape index (κ2) is 7.15. The van der Waals surface area contributed by atoms with Gasteiger partial charge >= 0.3 is 7.60 Å². The highest BCUT2D eigenvalue weighted by molar-refractivity contribution is 7.51. The monoisotopic (exact) mass is 367 g/mol. The summed E-state index contributed by atoms with van der Waals surface area (Å²) in [6.45, 7) is 0.700. The summed E-state index contributed by atoms with van der Waals surface area (Å²) in [5.74, 6) is 1.81. The van der Waals surface area contributed by atoms with E-state index in [1.165, 1.54) is 6.33 Å². The summed E-state index contributed by atoms with van der Waals surface area (Å²) in [6.07, 6.45) is 3.92. The molecule has 2 heterocycles. The Labute approximate surface area is 146 Å². The van der Waals surface area contributed by atoms with Crippen molar-refractivity contribution in [2.75, 3.05) is 31.8 Å². The summed E-state index contributed by atoms with van der Waals surface area (Å²) in [6, 6.07) is 3.34. The van der Waals surface area contributed by atoms with E-state index in [4.69, 9.17) is 9.47 Å². The van der Waals surface area contributed by atoms with Crippen LogP contribution in [0.2, 0.25) is 0 Å². The Morgan fingerprint density at radius 1 is 1.20 bits per heavy atom. The number of methoxy groups -OCH3 is 2. The van der Waals surface area contributed by atoms with E-state index in [9.17, 15) is 14.4 Å². The second-order valence-electron chi connectivity index (χ2n) is 6.11. The van der Waals surface area contributed by atoms with E-state index in [0.29, 0.717) is 29.4 Å². The smallest absolute Gasteiger partial charge is 0.327 e. The van der Waals surface area contributed by atoms with Gasteiger partial charge in [0, 0.05) is 24.0 Å². The summed E-state index contributed by atoms with van der Waals surface area (Å²) in [7, 11) is -0.988. The summed E-state index contributed by atoms with van der Waals surface area (Å²) >= 11 is 0. The van der Waals surface area contributed by atoms with Crippen LogP contribution in [-0.2, 0) is 4.57 Å². The Kier molecular flexibility index (Phi) is 5.13. The van der Waals surface area contributed by atoms with E-state index in [1.807, 2.05) is 11.0 Å². The zero-order valence-electron chi connectivity index (χ0n) is 14.3. The lowest BCUT2D eigenvalue weighted by Crippen LogP contribution is -2.42. The van der Waals surface area contributed by atoms with Crippen LogP contribution >= 0.6 is 7.60 Å². The minimum Gasteiger partial charge on any atom is -0.493 e. The molecule has 1 unspecified atom stereocenters. The Bertz CT molecular complexity index is 810. The van der Waals surface area contributed by atoms with Gasteiger partial charge in [-0.2, -0.15) is 0 Å². The molecule has 1 fully saturated rings. The first-order chi connectivity index (χ1) is 11.9. The van der Waals surface area contributed by atoms with Crippen molar-refractivity contribution in [3.63, 3.8) is 0 Å². The fourth-order valence-corrected chi connectivity index (χ4v) is 4.27. The summed E-state index contributed by atoms with van der Waals surface area (Å²) in [5.41, 5.74) is 0.697. The molecule has 0 amide bonds. The zero-order chi connectivity index (χ0) is 18.0. The van der Waals surface area contributed by atoms with Crippen LogP contribution in [0.1, 0.15) is 19.3 Å². The zero-order valence-corrected chi connectivity index (χ0v) is 15.1. The number of anilines is 1. The number of rotatable bonds is 5. The molecule has 1 aromatic carbocycles. The Hall–Kier alpha value is -1.89. The van der Waals surface area contributed by atoms with Gasteiger partial charge in [0.15, 0.2) is 11.5 Å². The highest BCUT2D eigenvalue weighted by Crippen LogP contribution is 2.41. The van der Waals surface area contributed by atoms with E-state index >= 15 is 0 Å². The fourth-order valence-electron chi connectivity index (χ4n) is 3.34. The Morgan fingerprint density at radius 3 is 2.60 bits per heavy atom. The normalized spacial score (nSPS) is 18.4. The van der Waals surface area contributed by atoms with Gasteiger partial charge in [-0.05, 0) is 25.3 Å². The molecule has 0 radical (unpaired) electrons. The molecule has 25 heavy (non-hydrogen) atoms. The number of aromatic nitrogens is 2. The molecule has 9 heteroatoms. The average Bonchev–Trinajstić information content (AvgIpc) is 2.59. The average molecular weight is 367 g/mol. The third kappa shape index (κ3) is 3.86. The molecule has 1 aliphatic heterocycles. The van der Waals surface area contributed by atoms with E-state index in [0.717, 1.165) is 24.6 Å². The highest BCUT2D eigenvalue weighted by atomic mass is 31.2. The Morgan fingerprint density at radius 2 is 1.92 bits per heavy atom. The number of benzene rings is 1. The van der Waals surface area contributed by atoms with Crippen LogP contribution in [-0.4, -0.2) is 52.7 Å². The molecular weight excluding hydrogens is 345 g/mol. The summed E-state index contributed by atoms with van der Waals surface area (Å²) in [5, 5.41) is 0.776. The molecule has 2 aromatic rings. The molecule has 0 bridgehead atoms. The van der Waals surface area contributed by atoms with E-state index in [1.54, 1.807) is 20.3 Å². The first kappa shape index (κ1) is 17.9.